The third kappa shape index (κ3) is 4.84. The molecule has 2 aromatic carbocycles. The molecule has 0 saturated heterocycles. The van der Waals surface area contributed by atoms with Crippen LogP contribution in [-0.2, 0) is 0 Å². The minimum absolute atomic E-state index is 0.602. The van der Waals surface area contributed by atoms with Gasteiger partial charge in [0.05, 0.1) is 0 Å². The van der Waals surface area contributed by atoms with Crippen molar-refractivity contribution in [3.8, 4) is 11.1 Å². The van der Waals surface area contributed by atoms with E-state index < -0.39 is 6.03 Å². The quantitative estimate of drug-likeness (QED) is 0.195. The molecule has 0 aliphatic carbocycles. The summed E-state index contributed by atoms with van der Waals surface area (Å²) in [4.78, 5) is 9.71. The van der Waals surface area contributed by atoms with E-state index in [4.69, 9.17) is 11.5 Å². The Kier molecular flexibility index (Phi) is 5.82. The van der Waals surface area contributed by atoms with Gasteiger partial charge in [0.1, 0.15) is 0 Å². The first-order valence-corrected chi connectivity index (χ1v) is 5.75. The van der Waals surface area contributed by atoms with Gasteiger partial charge in [-0.2, -0.15) is 0 Å². The minimum atomic E-state index is -0.602. The molecule has 10 N–H and O–H groups in total. The molecule has 2 aromatic rings. The van der Waals surface area contributed by atoms with Crippen molar-refractivity contribution in [1.29, 1.82) is 0 Å². The number of hydrogen-bond acceptors (Lipinski definition) is 5. The number of nitrogens with two attached hydrogens (primary N) is 4. The summed E-state index contributed by atoms with van der Waals surface area (Å²) in [6.07, 6.45) is 0. The second-order valence-electron chi connectivity index (χ2n) is 3.86. The van der Waals surface area contributed by atoms with E-state index in [0.717, 1.165) is 22.5 Å². The highest BCUT2D eigenvalue weighted by molar-refractivity contribution is 5.72. The van der Waals surface area contributed by atoms with Crippen molar-refractivity contribution in [3.05, 3.63) is 48.5 Å². The average Bonchev–Trinajstić information content (AvgIpc) is 2.49. The Morgan fingerprint density at radius 2 is 1.00 bits per heavy atom. The number of hydrogen-bond donors (Lipinski definition) is 6. The van der Waals surface area contributed by atoms with Crippen molar-refractivity contribution in [1.82, 2.24) is 10.9 Å². The molecule has 7 nitrogen and oxygen atoms in total. The number of anilines is 2. The summed E-state index contributed by atoms with van der Waals surface area (Å²) in [6, 6.07) is 15.0. The fraction of sp³-hybridized carbons (Fsp3) is 0. The number of rotatable bonds is 1. The second kappa shape index (κ2) is 7.62. The number of benzene rings is 2. The highest BCUT2D eigenvalue weighted by Crippen LogP contribution is 2.21. The first-order valence-electron chi connectivity index (χ1n) is 5.75. The number of urea groups is 1. The lowest BCUT2D eigenvalue weighted by Gasteiger charge is -2.02. The Morgan fingerprint density at radius 1 is 0.700 bits per heavy atom. The molecule has 0 aromatic heterocycles. The minimum Gasteiger partial charge on any atom is -0.399 e. The molecule has 20 heavy (non-hydrogen) atoms. The Balaban J connectivity index is 0.000000286. The van der Waals surface area contributed by atoms with Crippen molar-refractivity contribution in [3.63, 3.8) is 0 Å². The lowest BCUT2D eigenvalue weighted by molar-refractivity contribution is 0.241. The van der Waals surface area contributed by atoms with Crippen LogP contribution in [0.2, 0.25) is 0 Å². The van der Waals surface area contributed by atoms with Crippen LogP contribution < -0.4 is 34.0 Å². The van der Waals surface area contributed by atoms with Gasteiger partial charge in [-0.05, 0) is 35.4 Å². The molecule has 0 bridgehead atoms. The fourth-order valence-electron chi connectivity index (χ4n) is 1.39. The zero-order valence-corrected chi connectivity index (χ0v) is 10.8. The van der Waals surface area contributed by atoms with Crippen LogP contribution in [0.15, 0.2) is 48.5 Å². The molecule has 0 aliphatic rings. The van der Waals surface area contributed by atoms with Crippen LogP contribution >= 0.6 is 0 Å². The van der Waals surface area contributed by atoms with Crippen molar-refractivity contribution < 1.29 is 4.79 Å². The molecule has 0 atom stereocenters. The van der Waals surface area contributed by atoms with Gasteiger partial charge in [0.25, 0.3) is 0 Å². The smallest absolute Gasteiger partial charge is 0.343 e. The maximum atomic E-state index is 9.71. The van der Waals surface area contributed by atoms with Crippen molar-refractivity contribution in [2.45, 2.75) is 0 Å². The van der Waals surface area contributed by atoms with E-state index in [1.807, 2.05) is 48.5 Å². The van der Waals surface area contributed by atoms with Gasteiger partial charge in [-0.1, -0.05) is 24.3 Å². The number of hydrazine groups is 2. The Hall–Kier alpha value is -2.77. The number of nitrogen functional groups attached to an aromatic ring is 2. The molecule has 0 heterocycles. The zero-order chi connectivity index (χ0) is 15.0. The predicted octanol–water partition coefficient (Wildman–Crippen LogP) is 0.551. The average molecular weight is 274 g/mol. The second-order valence-corrected chi connectivity index (χ2v) is 3.86. The number of carbonyl (C=O) groups is 1. The van der Waals surface area contributed by atoms with Crippen molar-refractivity contribution in [2.75, 3.05) is 11.5 Å². The Bertz CT molecular complexity index is 488. The Morgan fingerprint density at radius 3 is 1.20 bits per heavy atom. The molecule has 0 aliphatic heterocycles. The topological polar surface area (TPSA) is 145 Å². The number of carbonyl (C=O) groups excluding carboxylic acids is 1. The summed E-state index contributed by atoms with van der Waals surface area (Å²) in [6.45, 7) is 0. The van der Waals surface area contributed by atoms with Crippen LogP contribution in [0, 0.1) is 0 Å². The molecule has 0 unspecified atom stereocenters. The maximum Gasteiger partial charge on any atom is 0.343 e. The third-order valence-corrected chi connectivity index (χ3v) is 2.42. The van der Waals surface area contributed by atoms with Crippen molar-refractivity contribution >= 4 is 17.4 Å². The normalized spacial score (nSPS) is 9.10. The van der Waals surface area contributed by atoms with Crippen LogP contribution in [0.4, 0.5) is 16.2 Å². The predicted molar refractivity (Wildman–Crippen MR) is 80.7 cm³/mol. The van der Waals surface area contributed by atoms with Gasteiger partial charge in [0.2, 0.25) is 0 Å². The van der Waals surface area contributed by atoms with Gasteiger partial charge in [0, 0.05) is 11.4 Å². The third-order valence-electron chi connectivity index (χ3n) is 2.42. The molecule has 0 fully saturated rings. The largest absolute Gasteiger partial charge is 0.399 e. The molecule has 0 spiro atoms. The molecule has 7 heteroatoms. The summed E-state index contributed by atoms with van der Waals surface area (Å²) in [5.74, 6) is 9.08. The van der Waals surface area contributed by atoms with E-state index in [9.17, 15) is 4.79 Å². The first-order chi connectivity index (χ1) is 9.56. The van der Waals surface area contributed by atoms with E-state index in [-0.39, 0.29) is 0 Å². The van der Waals surface area contributed by atoms with Gasteiger partial charge >= 0.3 is 6.03 Å². The molecule has 2 amide bonds. The summed E-state index contributed by atoms with van der Waals surface area (Å²) in [7, 11) is 0. The standard InChI is InChI=1S/C12H12N2.CH6N4O/c13-11-5-1-9(2-6-11)10-3-7-12(14)8-4-10;2-4-1(6)5-3/h1-8H,13-14H2;2-3H2,(H2,4,5,6). The van der Waals surface area contributed by atoms with Gasteiger partial charge in [0.15, 0.2) is 0 Å². The molecular weight excluding hydrogens is 256 g/mol. The first kappa shape index (κ1) is 15.3. The molecule has 0 radical (unpaired) electrons. The Labute approximate surface area is 116 Å². The van der Waals surface area contributed by atoms with Gasteiger partial charge in [-0.3, -0.25) is 10.9 Å². The maximum absolute atomic E-state index is 9.71. The lowest BCUT2D eigenvalue weighted by atomic mass is 10.1. The van der Waals surface area contributed by atoms with Gasteiger partial charge in [-0.15, -0.1) is 0 Å². The summed E-state index contributed by atoms with van der Waals surface area (Å²) in [5, 5.41) is 0. The van der Waals surface area contributed by atoms with E-state index >= 15 is 0 Å². The summed E-state index contributed by atoms with van der Waals surface area (Å²) >= 11 is 0. The SMILES string of the molecule is NNC(=O)NN.Nc1ccc(-c2ccc(N)cc2)cc1. The van der Waals surface area contributed by atoms with E-state index in [1.54, 1.807) is 10.9 Å². The van der Waals surface area contributed by atoms with Crippen molar-refractivity contribution in [2.24, 2.45) is 11.7 Å². The summed E-state index contributed by atoms with van der Waals surface area (Å²) < 4.78 is 0. The molecule has 2 rings (SSSR count). The molecule has 0 saturated carbocycles. The van der Waals surface area contributed by atoms with E-state index in [0.29, 0.717) is 0 Å². The van der Waals surface area contributed by atoms with Crippen LogP contribution in [0.25, 0.3) is 11.1 Å². The fourth-order valence-corrected chi connectivity index (χ4v) is 1.39. The number of amides is 2. The van der Waals surface area contributed by atoms with Crippen LogP contribution in [0.1, 0.15) is 0 Å². The highest BCUT2D eigenvalue weighted by Gasteiger charge is 1.95. The highest BCUT2D eigenvalue weighted by atomic mass is 16.2. The molecular formula is C13H18N6O. The lowest BCUT2D eigenvalue weighted by Crippen LogP contribution is -2.43. The van der Waals surface area contributed by atoms with E-state index in [1.165, 1.54) is 0 Å². The monoisotopic (exact) mass is 274 g/mol. The van der Waals surface area contributed by atoms with Crippen LogP contribution in [0.3, 0.4) is 0 Å². The summed E-state index contributed by atoms with van der Waals surface area (Å²) in [5.41, 5.74) is 18.6. The van der Waals surface area contributed by atoms with Gasteiger partial charge < -0.3 is 11.5 Å². The van der Waals surface area contributed by atoms with Gasteiger partial charge in [-0.25, -0.2) is 16.5 Å². The van der Waals surface area contributed by atoms with E-state index in [2.05, 4.69) is 11.7 Å². The molecule has 106 valence electrons. The zero-order valence-electron chi connectivity index (χ0n) is 10.8. The number of nitrogens with one attached hydrogen (secondary N) is 2. The van der Waals surface area contributed by atoms with Crippen LogP contribution in [-0.4, -0.2) is 6.03 Å². The van der Waals surface area contributed by atoms with Crippen LogP contribution in [0.5, 0.6) is 0 Å².